The second kappa shape index (κ2) is 16.1. The molecule has 1 heterocycles. The topological polar surface area (TPSA) is 25.8 Å². The average molecular weight is 343 g/mol. The Morgan fingerprint density at radius 2 is 1.33 bits per heavy atom. The second-order valence-electron chi connectivity index (χ2n) is 5.43. The van der Waals surface area contributed by atoms with Crippen LogP contribution in [0.2, 0.25) is 0 Å². The van der Waals surface area contributed by atoms with Gasteiger partial charge in [-0.3, -0.25) is 0 Å². The van der Waals surface area contributed by atoms with Crippen molar-refractivity contribution in [3.8, 4) is 0 Å². The van der Waals surface area contributed by atoms with Crippen LogP contribution in [0, 0.1) is 0 Å². The molecule has 0 aliphatic heterocycles. The number of nitrogens with zero attached hydrogens (tertiary/aromatic N) is 2. The van der Waals surface area contributed by atoms with Gasteiger partial charge < -0.3 is 0 Å². The third-order valence-electron chi connectivity index (χ3n) is 3.32. The molecule has 0 saturated heterocycles. The molecule has 1 aromatic heterocycles. The molecule has 0 spiro atoms. The summed E-state index contributed by atoms with van der Waals surface area (Å²) >= 11 is 1.64. The minimum absolute atomic E-state index is 1.02. The summed E-state index contributed by atoms with van der Waals surface area (Å²) in [5.41, 5.74) is 1.80. The van der Waals surface area contributed by atoms with Gasteiger partial charge in [0.2, 0.25) is 0 Å². The Morgan fingerprint density at radius 3 is 1.83 bits per heavy atom. The van der Waals surface area contributed by atoms with Crippen molar-refractivity contribution in [3.05, 3.63) is 71.3 Å². The smallest absolute Gasteiger partial charge is 0.117 e. The molecule has 0 fully saturated rings. The summed E-state index contributed by atoms with van der Waals surface area (Å²) in [4.78, 5) is 0. The maximum Gasteiger partial charge on any atom is 0.117 e. The van der Waals surface area contributed by atoms with Crippen LogP contribution in [0.15, 0.2) is 66.3 Å². The molecule has 130 valence electrons. The van der Waals surface area contributed by atoms with E-state index in [0.29, 0.717) is 0 Å². The van der Waals surface area contributed by atoms with E-state index in [1.165, 1.54) is 0 Å². The van der Waals surface area contributed by atoms with Gasteiger partial charge in [0.15, 0.2) is 0 Å². The Kier molecular flexibility index (Phi) is 13.6. The number of hydrogen-bond donors (Lipinski definition) is 0. The summed E-state index contributed by atoms with van der Waals surface area (Å²) in [5.74, 6) is 0. The Bertz CT molecular complexity index is 522. The molecule has 0 bridgehead atoms. The molecule has 2 nitrogen and oxygen atoms in total. The average Bonchev–Trinajstić information content (AvgIpc) is 3.11. The fourth-order valence-corrected chi connectivity index (χ4v) is 2.62. The van der Waals surface area contributed by atoms with Crippen LogP contribution in [0.25, 0.3) is 0 Å². The van der Waals surface area contributed by atoms with Gasteiger partial charge in [-0.25, -0.2) is 0 Å². The highest BCUT2D eigenvalue weighted by atomic mass is 32.1. The van der Waals surface area contributed by atoms with E-state index in [1.807, 2.05) is 0 Å². The monoisotopic (exact) mass is 342 g/mol. The highest BCUT2D eigenvalue weighted by Gasteiger charge is 1.94. The molecule has 0 amide bonds. The van der Waals surface area contributed by atoms with Crippen LogP contribution in [-0.4, -0.2) is 10.2 Å². The summed E-state index contributed by atoms with van der Waals surface area (Å²) in [6, 6.07) is 0. The largest absolute Gasteiger partial charge is 0.147 e. The quantitative estimate of drug-likeness (QED) is 0.297. The molecule has 24 heavy (non-hydrogen) atoms. The first-order valence-electron chi connectivity index (χ1n) is 8.93. The lowest BCUT2D eigenvalue weighted by molar-refractivity contribution is 0.818. The van der Waals surface area contributed by atoms with Gasteiger partial charge in [-0.15, -0.1) is 21.5 Å². The Hall–Kier alpha value is -1.74. The van der Waals surface area contributed by atoms with Crippen LogP contribution in [0.4, 0.5) is 0 Å². The molecule has 0 aromatic carbocycles. The molecular weight excluding hydrogens is 312 g/mol. The fourth-order valence-electron chi connectivity index (χ4n) is 2.04. The number of aryl methyl sites for hydroxylation is 1. The lowest BCUT2D eigenvalue weighted by atomic mass is 10.2. The van der Waals surface area contributed by atoms with Crippen LogP contribution in [0.5, 0.6) is 0 Å². The summed E-state index contributed by atoms with van der Waals surface area (Å²) < 4.78 is 0. The molecule has 1 rings (SSSR count). The van der Waals surface area contributed by atoms with Crippen molar-refractivity contribution in [3.63, 3.8) is 0 Å². The van der Waals surface area contributed by atoms with Gasteiger partial charge in [0.05, 0.1) is 0 Å². The molecule has 0 unspecified atom stereocenters. The van der Waals surface area contributed by atoms with Gasteiger partial charge >= 0.3 is 0 Å². The summed E-state index contributed by atoms with van der Waals surface area (Å²) in [6.07, 6.45) is 30.9. The third kappa shape index (κ3) is 12.8. The van der Waals surface area contributed by atoms with Crippen LogP contribution < -0.4 is 0 Å². The second-order valence-corrected chi connectivity index (χ2v) is 6.35. The fraction of sp³-hybridized carbons (Fsp3) is 0.429. The van der Waals surface area contributed by atoms with E-state index in [-0.39, 0.29) is 0 Å². The van der Waals surface area contributed by atoms with Gasteiger partial charge in [0, 0.05) is 6.42 Å². The molecule has 0 aliphatic carbocycles. The lowest BCUT2D eigenvalue weighted by Gasteiger charge is -1.91. The minimum atomic E-state index is 1.02. The van der Waals surface area contributed by atoms with Gasteiger partial charge in [0.25, 0.3) is 0 Å². The van der Waals surface area contributed by atoms with E-state index in [0.717, 1.165) is 56.4 Å². The molecule has 0 aliphatic rings. The van der Waals surface area contributed by atoms with E-state index in [1.54, 1.807) is 16.8 Å². The summed E-state index contributed by atoms with van der Waals surface area (Å²) in [5, 5.41) is 9.03. The molecule has 0 N–H and O–H groups in total. The number of unbranched alkanes of at least 4 members (excludes halogenated alkanes) is 1. The van der Waals surface area contributed by atoms with Crippen LogP contribution in [0.1, 0.15) is 56.9 Å². The van der Waals surface area contributed by atoms with Gasteiger partial charge in [0.1, 0.15) is 10.5 Å². The van der Waals surface area contributed by atoms with Gasteiger partial charge in [-0.1, -0.05) is 67.7 Å². The van der Waals surface area contributed by atoms with E-state index < -0.39 is 0 Å². The normalized spacial score (nSPS) is 12.9. The van der Waals surface area contributed by atoms with Crippen molar-refractivity contribution in [2.24, 2.45) is 0 Å². The van der Waals surface area contributed by atoms with E-state index in [2.05, 4.69) is 77.9 Å². The number of allylic oxidation sites excluding steroid dienone is 10. The lowest BCUT2D eigenvalue weighted by Crippen LogP contribution is -1.82. The first-order chi connectivity index (χ1) is 11.9. The zero-order valence-corrected chi connectivity index (χ0v) is 15.6. The minimum Gasteiger partial charge on any atom is -0.147 e. The maximum atomic E-state index is 4.05. The molecule has 0 atom stereocenters. The number of hydrogen-bond acceptors (Lipinski definition) is 3. The van der Waals surface area contributed by atoms with Gasteiger partial charge in [-0.05, 0) is 44.9 Å². The first kappa shape index (κ1) is 20.3. The van der Waals surface area contributed by atoms with Crippen molar-refractivity contribution in [1.29, 1.82) is 0 Å². The maximum absolute atomic E-state index is 4.05. The van der Waals surface area contributed by atoms with Crippen molar-refractivity contribution in [1.82, 2.24) is 10.2 Å². The zero-order valence-electron chi connectivity index (χ0n) is 14.8. The number of aromatic nitrogens is 2. The van der Waals surface area contributed by atoms with Crippen LogP contribution in [-0.2, 0) is 6.42 Å². The molecular formula is C21H30N2S. The Morgan fingerprint density at radius 1 is 0.792 bits per heavy atom. The third-order valence-corrected chi connectivity index (χ3v) is 4.08. The van der Waals surface area contributed by atoms with E-state index >= 15 is 0 Å². The molecule has 0 radical (unpaired) electrons. The predicted molar refractivity (Wildman–Crippen MR) is 107 cm³/mol. The molecule has 1 aromatic rings. The van der Waals surface area contributed by atoms with E-state index in [9.17, 15) is 0 Å². The molecule has 3 heteroatoms. The predicted octanol–water partition coefficient (Wildman–Crippen LogP) is 6.61. The molecule has 0 saturated carbocycles. The number of rotatable bonds is 13. The highest BCUT2D eigenvalue weighted by Crippen LogP contribution is 2.06. The van der Waals surface area contributed by atoms with Crippen molar-refractivity contribution in [2.45, 2.75) is 58.3 Å². The summed E-state index contributed by atoms with van der Waals surface area (Å²) in [7, 11) is 0. The van der Waals surface area contributed by atoms with E-state index in [4.69, 9.17) is 0 Å². The van der Waals surface area contributed by atoms with Crippen molar-refractivity contribution >= 4 is 11.3 Å². The van der Waals surface area contributed by atoms with Crippen molar-refractivity contribution in [2.75, 3.05) is 0 Å². The zero-order chi connectivity index (χ0) is 17.1. The Balaban J connectivity index is 1.92. The van der Waals surface area contributed by atoms with Crippen LogP contribution >= 0.6 is 11.3 Å². The first-order valence-corrected chi connectivity index (χ1v) is 9.81. The standard InChI is InChI=1S/C21H30N2S/c1-2-3-4-5-6-7-8-9-10-11-12-13-14-15-16-17-18-19-21-23-22-20-24-21/h3-4,6-7,9-10,12-13,15-16,20H,2,5,8,11,14,17-19H2,1H3/b4-3-,7-6-,10-9-,13-12-,16-15-. The Labute approximate surface area is 151 Å². The van der Waals surface area contributed by atoms with Crippen LogP contribution in [0.3, 0.4) is 0 Å². The highest BCUT2D eigenvalue weighted by molar-refractivity contribution is 7.09. The SMILES string of the molecule is CC/C=C\C/C=C\C/C=C\C/C=C\C/C=C\CCCc1nncs1. The summed E-state index contributed by atoms with van der Waals surface area (Å²) in [6.45, 7) is 2.16. The van der Waals surface area contributed by atoms with Crippen molar-refractivity contribution < 1.29 is 0 Å². The van der Waals surface area contributed by atoms with Gasteiger partial charge in [-0.2, -0.15) is 0 Å².